The van der Waals surface area contributed by atoms with Crippen molar-refractivity contribution in [1.82, 2.24) is 0 Å². The Morgan fingerprint density at radius 2 is 1.70 bits per heavy atom. The Balaban J connectivity index is -0.000000245. The molecule has 0 aliphatic carbocycles. The zero-order valence-electron chi connectivity index (χ0n) is 5.46. The molecule has 0 aliphatic heterocycles. The summed E-state index contributed by atoms with van der Waals surface area (Å²) in [6.45, 7) is 3.79. The molecule has 0 rings (SSSR count). The molecule has 0 amide bonds. The van der Waals surface area contributed by atoms with Gasteiger partial charge in [-0.1, -0.05) is 35.1 Å². The monoisotopic (exact) mass is 150 g/mol. The minimum Gasteiger partial charge on any atom is -0.394 e. The van der Waals surface area contributed by atoms with Crippen LogP contribution in [0.15, 0.2) is 0 Å². The molecule has 0 saturated carbocycles. The van der Waals surface area contributed by atoms with Gasteiger partial charge < -0.3 is 10.2 Å². The second kappa shape index (κ2) is 8.92. The molecule has 10 heavy (non-hydrogen) atoms. The summed E-state index contributed by atoms with van der Waals surface area (Å²) < 4.78 is 0. The van der Waals surface area contributed by atoms with Crippen LogP contribution in [0.25, 0.3) is 0 Å². The zero-order valence-corrected chi connectivity index (χ0v) is 5.46. The summed E-state index contributed by atoms with van der Waals surface area (Å²) in [5, 5.41) is 17.3. The second-order valence-corrected chi connectivity index (χ2v) is 2.14. The van der Waals surface area contributed by atoms with E-state index in [0.29, 0.717) is 0 Å². The number of hydrogen-bond donors (Lipinski definition) is 2. The Kier molecular flexibility index (Phi) is 14.7. The van der Waals surface area contributed by atoms with Gasteiger partial charge in [0.05, 0.1) is 12.7 Å². The van der Waals surface area contributed by atoms with Crippen molar-refractivity contribution in [3.8, 4) is 0 Å². The molecule has 0 aromatic carbocycles. The molecule has 2 unspecified atom stereocenters. The van der Waals surface area contributed by atoms with E-state index in [1.807, 2.05) is 13.8 Å². The maximum atomic E-state index is 8.88. The van der Waals surface area contributed by atoms with Gasteiger partial charge in [0.1, 0.15) is 0 Å². The highest BCUT2D eigenvalue weighted by atomic mass is 16.3. The third kappa shape index (κ3) is 6.05. The molecule has 2 nitrogen and oxygen atoms in total. The molecule has 0 fully saturated rings. The van der Waals surface area contributed by atoms with Crippen LogP contribution in [-0.2, 0) is 0 Å². The summed E-state index contributed by atoms with van der Waals surface area (Å²) in [7, 11) is 0. The molecule has 2 N–H and O–H groups in total. The van der Waals surface area contributed by atoms with Gasteiger partial charge >= 0.3 is 0 Å². The minimum atomic E-state index is -0.528. The first-order valence-corrected chi connectivity index (χ1v) is 3.01. The highest BCUT2D eigenvalue weighted by molar-refractivity contribution is 4.59. The minimum absolute atomic E-state index is 0. The predicted octanol–water partition coefficient (Wildman–Crippen LogP) is 1.66. The second-order valence-electron chi connectivity index (χ2n) is 2.14. The Bertz CT molecular complexity index is 47.2. The molecular formula is C8H22O2. The van der Waals surface area contributed by atoms with Crippen molar-refractivity contribution in [2.24, 2.45) is 5.92 Å². The van der Waals surface area contributed by atoms with Gasteiger partial charge in [-0.25, -0.2) is 0 Å². The van der Waals surface area contributed by atoms with Crippen molar-refractivity contribution < 1.29 is 10.2 Å². The predicted molar refractivity (Wildman–Crippen MR) is 46.0 cm³/mol. The Hall–Kier alpha value is -0.0800. The van der Waals surface area contributed by atoms with E-state index in [1.54, 1.807) is 0 Å². The van der Waals surface area contributed by atoms with Crippen molar-refractivity contribution in [3.05, 3.63) is 0 Å². The van der Waals surface area contributed by atoms with Crippen molar-refractivity contribution in [1.29, 1.82) is 0 Å². The zero-order chi connectivity index (χ0) is 6.57. The lowest BCUT2D eigenvalue weighted by atomic mass is 10.0. The molecule has 2 atom stereocenters. The fourth-order valence-corrected chi connectivity index (χ4v) is 0.452. The third-order valence-corrected chi connectivity index (χ3v) is 1.49. The molecule has 0 bridgehead atoms. The Labute approximate surface area is 64.9 Å². The smallest absolute Gasteiger partial charge is 0.0796 e. The third-order valence-electron chi connectivity index (χ3n) is 1.49. The van der Waals surface area contributed by atoms with Crippen molar-refractivity contribution in [2.75, 3.05) is 6.61 Å². The van der Waals surface area contributed by atoms with E-state index in [1.165, 1.54) is 0 Å². The SMILES string of the molecule is C.C.CCC(C)C(O)CO. The van der Waals surface area contributed by atoms with Gasteiger partial charge in [0.15, 0.2) is 0 Å². The highest BCUT2D eigenvalue weighted by Gasteiger charge is 2.08. The van der Waals surface area contributed by atoms with Gasteiger partial charge in [-0.05, 0) is 5.92 Å². The lowest BCUT2D eigenvalue weighted by Crippen LogP contribution is -2.20. The standard InChI is InChI=1S/C6H14O2.2CH4/c1-3-5(2)6(8)4-7;;/h5-8H,3-4H2,1-2H3;2*1H4. The van der Waals surface area contributed by atoms with Gasteiger partial charge in [-0.15, -0.1) is 0 Å². The van der Waals surface area contributed by atoms with Gasteiger partial charge in [0.2, 0.25) is 0 Å². The molecule has 0 radical (unpaired) electrons. The van der Waals surface area contributed by atoms with Crippen LogP contribution in [-0.4, -0.2) is 22.9 Å². The van der Waals surface area contributed by atoms with Crippen molar-refractivity contribution in [3.63, 3.8) is 0 Å². The highest BCUT2D eigenvalue weighted by Crippen LogP contribution is 2.05. The average molecular weight is 150 g/mol. The van der Waals surface area contributed by atoms with E-state index in [0.717, 1.165) is 6.42 Å². The van der Waals surface area contributed by atoms with Crippen LogP contribution in [0.5, 0.6) is 0 Å². The summed E-state index contributed by atoms with van der Waals surface area (Å²) in [5.41, 5.74) is 0. The quantitative estimate of drug-likeness (QED) is 0.642. The fraction of sp³-hybridized carbons (Fsp3) is 1.00. The van der Waals surface area contributed by atoms with Crippen LogP contribution in [0.4, 0.5) is 0 Å². The van der Waals surface area contributed by atoms with E-state index in [9.17, 15) is 0 Å². The van der Waals surface area contributed by atoms with Gasteiger partial charge in [-0.3, -0.25) is 0 Å². The van der Waals surface area contributed by atoms with E-state index >= 15 is 0 Å². The van der Waals surface area contributed by atoms with Crippen LogP contribution >= 0.6 is 0 Å². The summed E-state index contributed by atoms with van der Waals surface area (Å²) in [6.07, 6.45) is 0.391. The first-order chi connectivity index (χ1) is 3.72. The normalized spacial score (nSPS) is 14.4. The first-order valence-electron chi connectivity index (χ1n) is 3.01. The molecule has 66 valence electrons. The van der Waals surface area contributed by atoms with Crippen molar-refractivity contribution >= 4 is 0 Å². The van der Waals surface area contributed by atoms with Crippen LogP contribution in [0, 0.1) is 5.92 Å². The van der Waals surface area contributed by atoms with Gasteiger partial charge in [0.25, 0.3) is 0 Å². The van der Waals surface area contributed by atoms with Gasteiger partial charge in [0, 0.05) is 0 Å². The number of rotatable bonds is 3. The number of aliphatic hydroxyl groups is 2. The molecule has 0 aliphatic rings. The maximum Gasteiger partial charge on any atom is 0.0796 e. The lowest BCUT2D eigenvalue weighted by molar-refractivity contribution is 0.0521. The van der Waals surface area contributed by atoms with E-state index < -0.39 is 6.10 Å². The average Bonchev–Trinajstić information content (AvgIpc) is 1.84. The van der Waals surface area contributed by atoms with Crippen LogP contribution in [0.2, 0.25) is 0 Å². The lowest BCUT2D eigenvalue weighted by Gasteiger charge is -2.12. The molecular weight excluding hydrogens is 128 g/mol. The summed E-state index contributed by atoms with van der Waals surface area (Å²) in [4.78, 5) is 0. The molecule has 0 spiro atoms. The van der Waals surface area contributed by atoms with E-state index in [-0.39, 0.29) is 27.4 Å². The molecule has 2 heteroatoms. The Morgan fingerprint density at radius 1 is 1.30 bits per heavy atom. The van der Waals surface area contributed by atoms with Crippen LogP contribution in [0.1, 0.15) is 35.1 Å². The summed E-state index contributed by atoms with van der Waals surface area (Å²) in [5.74, 6) is 0.222. The topological polar surface area (TPSA) is 40.5 Å². The maximum absolute atomic E-state index is 8.88. The first kappa shape index (κ1) is 16.5. The molecule has 0 heterocycles. The van der Waals surface area contributed by atoms with E-state index in [2.05, 4.69) is 0 Å². The fourth-order valence-electron chi connectivity index (χ4n) is 0.452. The number of aliphatic hydroxyl groups excluding tert-OH is 2. The molecule has 0 aromatic heterocycles. The molecule has 0 aromatic rings. The largest absolute Gasteiger partial charge is 0.394 e. The molecule has 0 saturated heterocycles. The van der Waals surface area contributed by atoms with Crippen molar-refractivity contribution in [2.45, 2.75) is 41.2 Å². The number of hydrogen-bond acceptors (Lipinski definition) is 2. The summed E-state index contributed by atoms with van der Waals surface area (Å²) in [6, 6.07) is 0. The Morgan fingerprint density at radius 3 is 1.80 bits per heavy atom. The van der Waals surface area contributed by atoms with Gasteiger partial charge in [-0.2, -0.15) is 0 Å². The van der Waals surface area contributed by atoms with E-state index in [4.69, 9.17) is 10.2 Å². The van der Waals surface area contributed by atoms with Crippen LogP contribution < -0.4 is 0 Å². The van der Waals surface area contributed by atoms with Crippen LogP contribution in [0.3, 0.4) is 0 Å². The summed E-state index contributed by atoms with van der Waals surface area (Å²) >= 11 is 0.